The van der Waals surface area contributed by atoms with Crippen molar-refractivity contribution in [3.8, 4) is 0 Å². The van der Waals surface area contributed by atoms with E-state index in [9.17, 15) is 8.42 Å². The maximum atomic E-state index is 11.5. The van der Waals surface area contributed by atoms with Gasteiger partial charge in [-0.05, 0) is 39.2 Å². The van der Waals surface area contributed by atoms with Crippen molar-refractivity contribution in [3.05, 3.63) is 0 Å². The number of nitrogens with zero attached hydrogens (tertiary/aromatic N) is 1. The van der Waals surface area contributed by atoms with Crippen LogP contribution in [-0.2, 0) is 14.8 Å². The summed E-state index contributed by atoms with van der Waals surface area (Å²) in [5.74, 6) is 0.424. The summed E-state index contributed by atoms with van der Waals surface area (Å²) in [7, 11) is -3.02. The molecule has 1 saturated heterocycles. The molecule has 0 aromatic rings. The number of rotatable bonds is 7. The van der Waals surface area contributed by atoms with Gasteiger partial charge >= 0.3 is 0 Å². The van der Waals surface area contributed by atoms with E-state index in [1.165, 1.54) is 6.26 Å². The first kappa shape index (κ1) is 15.9. The van der Waals surface area contributed by atoms with E-state index < -0.39 is 10.0 Å². The molecular formula is C12H26N2O3S. The van der Waals surface area contributed by atoms with E-state index in [1.807, 2.05) is 13.8 Å². The number of piperidine rings is 1. The van der Waals surface area contributed by atoms with Crippen LogP contribution in [0, 0.1) is 5.92 Å². The van der Waals surface area contributed by atoms with Gasteiger partial charge in [0.25, 0.3) is 0 Å². The van der Waals surface area contributed by atoms with Crippen LogP contribution in [0.4, 0.5) is 0 Å². The molecule has 1 aliphatic heterocycles. The second-order valence-corrected chi connectivity index (χ2v) is 7.24. The Morgan fingerprint density at radius 3 is 2.78 bits per heavy atom. The Kier molecular flexibility index (Phi) is 6.55. The van der Waals surface area contributed by atoms with E-state index in [4.69, 9.17) is 4.74 Å². The Labute approximate surface area is 111 Å². The van der Waals surface area contributed by atoms with Gasteiger partial charge in [0.15, 0.2) is 0 Å². The third kappa shape index (κ3) is 6.13. The molecule has 18 heavy (non-hydrogen) atoms. The molecule has 0 saturated carbocycles. The smallest absolute Gasteiger partial charge is 0.211 e. The topological polar surface area (TPSA) is 58.6 Å². The maximum Gasteiger partial charge on any atom is 0.211 e. The highest BCUT2D eigenvalue weighted by atomic mass is 32.2. The van der Waals surface area contributed by atoms with E-state index in [0.29, 0.717) is 25.6 Å². The molecule has 1 rings (SSSR count). The van der Waals surface area contributed by atoms with Crippen LogP contribution in [0.15, 0.2) is 0 Å². The van der Waals surface area contributed by atoms with Gasteiger partial charge in [-0.15, -0.1) is 0 Å². The lowest BCUT2D eigenvalue weighted by atomic mass is 10.00. The highest BCUT2D eigenvalue weighted by molar-refractivity contribution is 7.88. The normalized spacial score (nSPS) is 22.6. The summed E-state index contributed by atoms with van der Waals surface area (Å²) in [5.41, 5.74) is 0. The van der Waals surface area contributed by atoms with Crippen LogP contribution in [0.2, 0.25) is 0 Å². The molecule has 0 aromatic heterocycles. The van der Waals surface area contributed by atoms with Crippen LogP contribution in [0.3, 0.4) is 0 Å². The Bertz CT molecular complexity index is 330. The first-order valence-electron chi connectivity index (χ1n) is 6.67. The molecule has 0 radical (unpaired) electrons. The van der Waals surface area contributed by atoms with Crippen LogP contribution >= 0.6 is 0 Å². The fourth-order valence-corrected chi connectivity index (χ4v) is 3.11. The van der Waals surface area contributed by atoms with Gasteiger partial charge in [0.1, 0.15) is 0 Å². The van der Waals surface area contributed by atoms with E-state index in [0.717, 1.165) is 25.9 Å². The zero-order chi connectivity index (χ0) is 13.6. The summed E-state index contributed by atoms with van der Waals surface area (Å²) in [6, 6.07) is 0. The van der Waals surface area contributed by atoms with Crippen molar-refractivity contribution in [2.75, 3.05) is 39.0 Å². The summed E-state index contributed by atoms with van der Waals surface area (Å²) in [6.07, 6.45) is 3.62. The van der Waals surface area contributed by atoms with Gasteiger partial charge in [0.05, 0.1) is 19.0 Å². The first-order chi connectivity index (χ1) is 8.39. The van der Waals surface area contributed by atoms with Crippen molar-refractivity contribution in [2.45, 2.75) is 32.8 Å². The van der Waals surface area contributed by atoms with Gasteiger partial charge in [0, 0.05) is 19.6 Å². The Balaban J connectivity index is 2.19. The molecule has 0 bridgehead atoms. The Hall–Kier alpha value is -0.170. The predicted molar refractivity (Wildman–Crippen MR) is 73.1 cm³/mol. The van der Waals surface area contributed by atoms with Gasteiger partial charge in [-0.2, -0.15) is 0 Å². The molecule has 1 fully saturated rings. The number of ether oxygens (including phenoxy) is 1. The molecule has 5 nitrogen and oxygen atoms in total. The first-order valence-corrected chi connectivity index (χ1v) is 8.52. The number of sulfonamides is 1. The monoisotopic (exact) mass is 278 g/mol. The minimum Gasteiger partial charge on any atom is -0.377 e. The van der Waals surface area contributed by atoms with Crippen LogP contribution in [0.5, 0.6) is 0 Å². The minimum absolute atomic E-state index is 0.266. The van der Waals surface area contributed by atoms with E-state index in [1.54, 1.807) is 4.31 Å². The van der Waals surface area contributed by atoms with Crippen LogP contribution in [0.25, 0.3) is 0 Å². The minimum atomic E-state index is -3.02. The Morgan fingerprint density at radius 2 is 2.17 bits per heavy atom. The zero-order valence-electron chi connectivity index (χ0n) is 11.7. The van der Waals surface area contributed by atoms with Gasteiger partial charge in [-0.3, -0.25) is 0 Å². The van der Waals surface area contributed by atoms with Crippen molar-refractivity contribution >= 4 is 10.0 Å². The van der Waals surface area contributed by atoms with Gasteiger partial charge in [-0.25, -0.2) is 12.7 Å². The van der Waals surface area contributed by atoms with E-state index in [-0.39, 0.29) is 6.10 Å². The number of hydrogen-bond acceptors (Lipinski definition) is 4. The molecule has 1 heterocycles. The third-order valence-corrected chi connectivity index (χ3v) is 4.38. The highest BCUT2D eigenvalue weighted by Crippen LogP contribution is 2.17. The van der Waals surface area contributed by atoms with E-state index in [2.05, 4.69) is 5.32 Å². The summed E-state index contributed by atoms with van der Waals surface area (Å²) in [5, 5.41) is 3.34. The molecule has 0 aliphatic carbocycles. The van der Waals surface area contributed by atoms with Crippen molar-refractivity contribution in [1.29, 1.82) is 0 Å². The number of nitrogens with one attached hydrogen (secondary N) is 1. The van der Waals surface area contributed by atoms with Gasteiger partial charge in [-0.1, -0.05) is 0 Å². The average Bonchev–Trinajstić information content (AvgIpc) is 2.27. The molecule has 108 valence electrons. The van der Waals surface area contributed by atoms with Crippen molar-refractivity contribution in [3.63, 3.8) is 0 Å². The lowest BCUT2D eigenvalue weighted by molar-refractivity contribution is 0.0799. The van der Waals surface area contributed by atoms with Gasteiger partial charge in [0.2, 0.25) is 10.0 Å². The fourth-order valence-electron chi connectivity index (χ4n) is 2.17. The molecule has 0 spiro atoms. The molecule has 1 aliphatic rings. The van der Waals surface area contributed by atoms with Crippen molar-refractivity contribution in [1.82, 2.24) is 9.62 Å². The maximum absolute atomic E-state index is 11.5. The molecule has 1 atom stereocenters. The lowest BCUT2D eigenvalue weighted by Crippen LogP contribution is -2.42. The van der Waals surface area contributed by atoms with Crippen LogP contribution in [0.1, 0.15) is 26.7 Å². The van der Waals surface area contributed by atoms with Crippen molar-refractivity contribution < 1.29 is 13.2 Å². The van der Waals surface area contributed by atoms with Crippen LogP contribution in [-0.4, -0.2) is 57.9 Å². The lowest BCUT2D eigenvalue weighted by Gasteiger charge is -2.31. The summed E-state index contributed by atoms with van der Waals surface area (Å²) < 4.78 is 30.0. The highest BCUT2D eigenvalue weighted by Gasteiger charge is 2.25. The Morgan fingerprint density at radius 1 is 1.44 bits per heavy atom. The third-order valence-electron chi connectivity index (χ3n) is 3.11. The molecule has 0 amide bonds. The number of hydrogen-bond donors (Lipinski definition) is 1. The average molecular weight is 278 g/mol. The van der Waals surface area contributed by atoms with E-state index >= 15 is 0 Å². The predicted octanol–water partition coefficient (Wildman–Crippen LogP) is 0.673. The van der Waals surface area contributed by atoms with Crippen molar-refractivity contribution in [2.24, 2.45) is 5.92 Å². The quantitative estimate of drug-likeness (QED) is 0.696. The summed E-state index contributed by atoms with van der Waals surface area (Å²) >= 11 is 0. The second kappa shape index (κ2) is 7.43. The molecule has 1 N–H and O–H groups in total. The largest absolute Gasteiger partial charge is 0.377 e. The van der Waals surface area contributed by atoms with Crippen LogP contribution < -0.4 is 5.32 Å². The second-order valence-electron chi connectivity index (χ2n) is 5.25. The molecule has 0 aromatic carbocycles. The standard InChI is InChI=1S/C12H26N2O3S/c1-11(2)17-8-6-13-9-12-5-4-7-14(10-12)18(3,15)16/h11-13H,4-10H2,1-3H3. The molecule has 1 unspecified atom stereocenters. The van der Waals surface area contributed by atoms with Gasteiger partial charge < -0.3 is 10.1 Å². The molecular weight excluding hydrogens is 252 g/mol. The SMILES string of the molecule is CC(C)OCCNCC1CCCN(S(C)(=O)=O)C1. The summed E-state index contributed by atoms with van der Waals surface area (Å²) in [4.78, 5) is 0. The fraction of sp³-hybridized carbons (Fsp3) is 1.00. The summed E-state index contributed by atoms with van der Waals surface area (Å²) in [6.45, 7) is 7.76. The zero-order valence-corrected chi connectivity index (χ0v) is 12.5. The molecule has 6 heteroatoms.